The van der Waals surface area contributed by atoms with Crippen molar-refractivity contribution in [1.29, 1.82) is 0 Å². The van der Waals surface area contributed by atoms with Gasteiger partial charge in [-0.3, -0.25) is 0 Å². The van der Waals surface area contributed by atoms with Crippen molar-refractivity contribution in [2.45, 2.75) is 57.6 Å². The van der Waals surface area contributed by atoms with E-state index in [1.165, 1.54) is 17.7 Å². The molecule has 0 aliphatic heterocycles. The fourth-order valence-corrected chi connectivity index (χ4v) is 2.52. The number of thiophene rings is 1. The molecule has 0 aliphatic carbocycles. The monoisotopic (exact) mass is 255 g/mol. The summed E-state index contributed by atoms with van der Waals surface area (Å²) < 4.78 is 5.40. The fourth-order valence-electron chi connectivity index (χ4n) is 1.77. The Kier molecular flexibility index (Phi) is 6.17. The highest BCUT2D eigenvalue weighted by molar-refractivity contribution is 7.09. The first kappa shape index (κ1) is 14.7. The standard InChI is InChI=1S/C14H25NOS/c1-14(2,16-3)10-9-12(15)6-4-7-13-8-5-11-17-13/h5,8,11-12H,4,6-7,9-10,15H2,1-3H3. The van der Waals surface area contributed by atoms with Crippen LogP contribution in [0.25, 0.3) is 0 Å². The molecule has 2 nitrogen and oxygen atoms in total. The lowest BCUT2D eigenvalue weighted by molar-refractivity contribution is 0.0123. The van der Waals surface area contributed by atoms with E-state index in [-0.39, 0.29) is 5.60 Å². The Morgan fingerprint density at radius 3 is 2.76 bits per heavy atom. The first-order valence-corrected chi connectivity index (χ1v) is 7.24. The SMILES string of the molecule is COC(C)(C)CCC(N)CCCc1cccs1. The molecule has 0 fully saturated rings. The first-order valence-electron chi connectivity index (χ1n) is 6.36. The third-order valence-electron chi connectivity index (χ3n) is 3.25. The molecule has 0 spiro atoms. The van der Waals surface area contributed by atoms with Gasteiger partial charge in [-0.25, -0.2) is 0 Å². The summed E-state index contributed by atoms with van der Waals surface area (Å²) in [4.78, 5) is 1.47. The van der Waals surface area contributed by atoms with Crippen LogP contribution in [-0.2, 0) is 11.2 Å². The quantitative estimate of drug-likeness (QED) is 0.770. The molecule has 98 valence electrons. The average Bonchev–Trinajstić information content (AvgIpc) is 2.80. The molecule has 1 atom stereocenters. The zero-order valence-electron chi connectivity index (χ0n) is 11.2. The third kappa shape index (κ3) is 6.20. The molecular formula is C14H25NOS. The van der Waals surface area contributed by atoms with Gasteiger partial charge < -0.3 is 10.5 Å². The summed E-state index contributed by atoms with van der Waals surface area (Å²) in [5.41, 5.74) is 6.09. The van der Waals surface area contributed by atoms with Crippen LogP contribution < -0.4 is 5.73 Å². The van der Waals surface area contributed by atoms with Gasteiger partial charge in [-0.15, -0.1) is 11.3 Å². The molecule has 0 aliphatic rings. The lowest BCUT2D eigenvalue weighted by Crippen LogP contribution is -2.28. The number of hydrogen-bond acceptors (Lipinski definition) is 3. The Morgan fingerprint density at radius 1 is 1.41 bits per heavy atom. The minimum absolute atomic E-state index is 0.0363. The van der Waals surface area contributed by atoms with E-state index in [1.807, 2.05) is 11.3 Å². The van der Waals surface area contributed by atoms with Crippen molar-refractivity contribution in [2.24, 2.45) is 5.73 Å². The maximum atomic E-state index is 6.12. The third-order valence-corrected chi connectivity index (χ3v) is 4.18. The summed E-state index contributed by atoms with van der Waals surface area (Å²) in [6, 6.07) is 4.62. The molecule has 0 amide bonds. The van der Waals surface area contributed by atoms with Crippen molar-refractivity contribution in [2.75, 3.05) is 7.11 Å². The highest BCUT2D eigenvalue weighted by Crippen LogP contribution is 2.18. The Hall–Kier alpha value is -0.380. The van der Waals surface area contributed by atoms with E-state index < -0.39 is 0 Å². The van der Waals surface area contributed by atoms with E-state index in [2.05, 4.69) is 31.4 Å². The van der Waals surface area contributed by atoms with Gasteiger partial charge in [0.1, 0.15) is 0 Å². The molecule has 1 aromatic rings. The van der Waals surface area contributed by atoms with Crippen LogP contribution >= 0.6 is 11.3 Å². The van der Waals surface area contributed by atoms with E-state index in [4.69, 9.17) is 10.5 Å². The van der Waals surface area contributed by atoms with E-state index in [0.29, 0.717) is 6.04 Å². The summed E-state index contributed by atoms with van der Waals surface area (Å²) in [5, 5.41) is 2.14. The van der Waals surface area contributed by atoms with Gasteiger partial charge in [0.05, 0.1) is 5.60 Å². The number of ether oxygens (including phenoxy) is 1. The van der Waals surface area contributed by atoms with E-state index in [0.717, 1.165) is 19.3 Å². The molecule has 1 aromatic heterocycles. The smallest absolute Gasteiger partial charge is 0.0623 e. The van der Waals surface area contributed by atoms with E-state index in [9.17, 15) is 0 Å². The first-order chi connectivity index (χ1) is 8.03. The maximum absolute atomic E-state index is 6.12. The summed E-state index contributed by atoms with van der Waals surface area (Å²) >= 11 is 1.84. The van der Waals surface area contributed by atoms with Crippen molar-refractivity contribution in [3.63, 3.8) is 0 Å². The summed E-state index contributed by atoms with van der Waals surface area (Å²) in [6.07, 6.45) is 5.54. The maximum Gasteiger partial charge on any atom is 0.0623 e. The van der Waals surface area contributed by atoms with Gasteiger partial charge in [-0.2, -0.15) is 0 Å². The van der Waals surface area contributed by atoms with E-state index >= 15 is 0 Å². The van der Waals surface area contributed by atoms with Gasteiger partial charge >= 0.3 is 0 Å². The Balaban J connectivity index is 2.11. The molecule has 0 bridgehead atoms. The number of nitrogens with two attached hydrogens (primary N) is 1. The zero-order chi connectivity index (χ0) is 12.7. The average molecular weight is 255 g/mol. The molecular weight excluding hydrogens is 230 g/mol. The van der Waals surface area contributed by atoms with Crippen LogP contribution in [0, 0.1) is 0 Å². The summed E-state index contributed by atoms with van der Waals surface area (Å²) in [5.74, 6) is 0. The Morgan fingerprint density at radius 2 is 2.18 bits per heavy atom. The Labute approximate surface area is 109 Å². The van der Waals surface area contributed by atoms with Crippen LogP contribution in [0.4, 0.5) is 0 Å². The predicted molar refractivity (Wildman–Crippen MR) is 75.6 cm³/mol. The van der Waals surface area contributed by atoms with Crippen molar-refractivity contribution in [3.8, 4) is 0 Å². The van der Waals surface area contributed by atoms with Gasteiger partial charge in [-0.05, 0) is 57.4 Å². The second-order valence-electron chi connectivity index (χ2n) is 5.23. The molecule has 1 heterocycles. The minimum Gasteiger partial charge on any atom is -0.379 e. The highest BCUT2D eigenvalue weighted by Gasteiger charge is 2.17. The van der Waals surface area contributed by atoms with Crippen molar-refractivity contribution >= 4 is 11.3 Å². The van der Waals surface area contributed by atoms with Crippen LogP contribution in [-0.4, -0.2) is 18.8 Å². The summed E-state index contributed by atoms with van der Waals surface area (Å²) in [6.45, 7) is 4.23. The van der Waals surface area contributed by atoms with Crippen LogP contribution in [0.3, 0.4) is 0 Å². The second-order valence-corrected chi connectivity index (χ2v) is 6.27. The molecule has 3 heteroatoms. The van der Waals surface area contributed by atoms with Crippen LogP contribution in [0.15, 0.2) is 17.5 Å². The number of rotatable bonds is 8. The van der Waals surface area contributed by atoms with Gasteiger partial charge in [0.2, 0.25) is 0 Å². The van der Waals surface area contributed by atoms with E-state index in [1.54, 1.807) is 7.11 Å². The Bertz CT molecular complexity index is 295. The zero-order valence-corrected chi connectivity index (χ0v) is 12.1. The fraction of sp³-hybridized carbons (Fsp3) is 0.714. The van der Waals surface area contributed by atoms with Crippen molar-refractivity contribution in [1.82, 2.24) is 0 Å². The molecule has 2 N–H and O–H groups in total. The van der Waals surface area contributed by atoms with Gasteiger partial charge in [0, 0.05) is 18.0 Å². The number of methoxy groups -OCH3 is 1. The normalized spacial score (nSPS) is 13.9. The van der Waals surface area contributed by atoms with Gasteiger partial charge in [0.25, 0.3) is 0 Å². The number of hydrogen-bond donors (Lipinski definition) is 1. The molecule has 0 saturated heterocycles. The van der Waals surface area contributed by atoms with Crippen LogP contribution in [0.5, 0.6) is 0 Å². The molecule has 1 unspecified atom stereocenters. The predicted octanol–water partition coefficient (Wildman–Crippen LogP) is 3.60. The lowest BCUT2D eigenvalue weighted by atomic mass is 9.96. The highest BCUT2D eigenvalue weighted by atomic mass is 32.1. The molecule has 1 rings (SSSR count). The minimum atomic E-state index is -0.0363. The van der Waals surface area contributed by atoms with Gasteiger partial charge in [0.15, 0.2) is 0 Å². The molecule has 17 heavy (non-hydrogen) atoms. The number of aryl methyl sites for hydroxylation is 1. The van der Waals surface area contributed by atoms with Crippen molar-refractivity contribution < 1.29 is 4.74 Å². The summed E-state index contributed by atoms with van der Waals surface area (Å²) in [7, 11) is 1.77. The van der Waals surface area contributed by atoms with Gasteiger partial charge in [-0.1, -0.05) is 6.07 Å². The largest absolute Gasteiger partial charge is 0.379 e. The van der Waals surface area contributed by atoms with Crippen LogP contribution in [0.1, 0.15) is 44.4 Å². The molecule has 0 aromatic carbocycles. The lowest BCUT2D eigenvalue weighted by Gasteiger charge is -2.24. The second kappa shape index (κ2) is 7.14. The topological polar surface area (TPSA) is 35.2 Å². The molecule has 0 radical (unpaired) electrons. The molecule has 0 saturated carbocycles. The van der Waals surface area contributed by atoms with Crippen molar-refractivity contribution in [3.05, 3.63) is 22.4 Å². The van der Waals surface area contributed by atoms with Crippen LogP contribution in [0.2, 0.25) is 0 Å².